The summed E-state index contributed by atoms with van der Waals surface area (Å²) in [4.78, 5) is 35.0. The molecule has 0 aromatic carbocycles. The van der Waals surface area contributed by atoms with Gasteiger partial charge in [-0.3, -0.25) is 4.79 Å². The van der Waals surface area contributed by atoms with E-state index in [1.807, 2.05) is 0 Å². The first-order valence-electron chi connectivity index (χ1n) is 3.86. The molecule has 0 aliphatic carbocycles. The minimum atomic E-state index is -0.906. The Kier molecular flexibility index (Phi) is 2.88. The second kappa shape index (κ2) is 3.97. The molecule has 11 heteroatoms. The van der Waals surface area contributed by atoms with Gasteiger partial charge in [0.2, 0.25) is 0 Å². The molecule has 0 spiro atoms. The van der Waals surface area contributed by atoms with Gasteiger partial charge in [0.25, 0.3) is 5.56 Å². The second-order valence-corrected chi connectivity index (χ2v) is 4.95. The molecule has 17 heavy (non-hydrogen) atoms. The van der Waals surface area contributed by atoms with Gasteiger partial charge in [0.05, 0.1) is 48.4 Å². The zero-order valence-electron chi connectivity index (χ0n) is 7.59. The summed E-state index contributed by atoms with van der Waals surface area (Å²) < 4.78 is 2.92. The van der Waals surface area contributed by atoms with Crippen molar-refractivity contribution in [3.8, 4) is 6.19 Å². The van der Waals surface area contributed by atoms with E-state index in [-0.39, 0.29) is 11.2 Å². The monoisotopic (exact) mass is 427 g/mol. The van der Waals surface area contributed by atoms with Gasteiger partial charge < -0.3 is 0 Å². The highest BCUT2D eigenvalue weighted by molar-refractivity contribution is 9.09. The summed E-state index contributed by atoms with van der Waals surface area (Å²) in [6.07, 6.45) is 1.43. The lowest BCUT2D eigenvalue weighted by atomic mass is 10.5. The number of aromatic nitrogens is 4. The first-order valence-corrected chi connectivity index (χ1v) is 5.98. The molecule has 0 fully saturated rings. The third-order valence-electron chi connectivity index (χ3n) is 1.98. The van der Waals surface area contributed by atoms with Crippen LogP contribution >= 0.6 is 48.4 Å². The van der Waals surface area contributed by atoms with E-state index < -0.39 is 16.9 Å². The summed E-state index contributed by atoms with van der Waals surface area (Å²) in [5.41, 5.74) is -2.59. The van der Waals surface area contributed by atoms with Crippen molar-refractivity contribution in [2.75, 3.05) is 0 Å². The van der Waals surface area contributed by atoms with Crippen molar-refractivity contribution in [3.63, 3.8) is 0 Å². The van der Waals surface area contributed by atoms with Gasteiger partial charge in [-0.15, -0.1) is 0 Å². The number of halogens is 3. The molecule has 0 unspecified atom stereocenters. The topological polar surface area (TPSA) is 94.7 Å². The third kappa shape index (κ3) is 1.48. The maximum Gasteiger partial charge on any atom is 0.356 e. The summed E-state index contributed by atoms with van der Waals surface area (Å²) >= 11 is 8.64. The molecular formula is C6Br3N5O3. The first kappa shape index (κ1) is 12.3. The van der Waals surface area contributed by atoms with Crippen LogP contribution in [0.1, 0.15) is 0 Å². The van der Waals surface area contributed by atoms with E-state index >= 15 is 0 Å². The van der Waals surface area contributed by atoms with Crippen molar-refractivity contribution >= 4 is 59.6 Å². The highest BCUT2D eigenvalue weighted by atomic mass is 79.9. The number of hydrogen-bond acceptors (Lipinski definition) is 4. The number of fused-ring (bicyclic) bond motifs is 1. The Hall–Kier alpha value is -1.12. The van der Waals surface area contributed by atoms with Crippen LogP contribution < -0.4 is 16.9 Å². The molecule has 0 amide bonds. The molecule has 2 aromatic heterocycles. The summed E-state index contributed by atoms with van der Waals surface area (Å²) in [6, 6.07) is 0. The van der Waals surface area contributed by atoms with E-state index in [4.69, 9.17) is 5.26 Å². The molecular weight excluding hydrogens is 430 g/mol. The smallest absolute Gasteiger partial charge is 0.265 e. The number of nitrogens with zero attached hydrogens (tertiary/aromatic N) is 5. The van der Waals surface area contributed by atoms with Gasteiger partial charge in [-0.1, -0.05) is 0 Å². The van der Waals surface area contributed by atoms with Gasteiger partial charge in [-0.2, -0.15) is 9.83 Å². The molecule has 0 bridgehead atoms. The highest BCUT2D eigenvalue weighted by Gasteiger charge is 2.21. The van der Waals surface area contributed by atoms with Crippen LogP contribution in [-0.2, 0) is 0 Å². The van der Waals surface area contributed by atoms with Gasteiger partial charge in [0.1, 0.15) is 0 Å². The Morgan fingerprint density at radius 1 is 0.941 bits per heavy atom. The largest absolute Gasteiger partial charge is 0.356 e. The van der Waals surface area contributed by atoms with Crippen LogP contribution in [0.4, 0.5) is 0 Å². The van der Waals surface area contributed by atoms with Crippen molar-refractivity contribution < 1.29 is 0 Å². The van der Waals surface area contributed by atoms with Crippen LogP contribution in [0.25, 0.3) is 11.2 Å². The molecule has 0 N–H and O–H groups in total. The average molecular weight is 430 g/mol. The molecule has 88 valence electrons. The molecule has 8 nitrogen and oxygen atoms in total. The lowest BCUT2D eigenvalue weighted by Gasteiger charge is -1.99. The Balaban J connectivity index is 3.36. The third-order valence-corrected chi connectivity index (χ3v) is 3.92. The Labute approximate surface area is 117 Å². The average Bonchev–Trinajstić information content (AvgIpc) is 2.52. The van der Waals surface area contributed by atoms with Gasteiger partial charge in [-0.05, 0) is 0 Å². The number of nitriles is 1. The highest BCUT2D eigenvalue weighted by Crippen LogP contribution is 2.12. The standard InChI is InChI=1S/C6Br3N5O3/c7-12-2-3(14(9)6(12)17)13(8)5(16)11(1-10)4(2)15. The van der Waals surface area contributed by atoms with E-state index in [1.54, 1.807) is 0 Å². The van der Waals surface area contributed by atoms with Crippen LogP contribution in [0.5, 0.6) is 0 Å². The summed E-state index contributed by atoms with van der Waals surface area (Å²) in [7, 11) is 0. The predicted molar refractivity (Wildman–Crippen MR) is 68.7 cm³/mol. The fourth-order valence-corrected chi connectivity index (χ4v) is 3.12. The molecule has 0 radical (unpaired) electrons. The normalized spacial score (nSPS) is 10.7. The van der Waals surface area contributed by atoms with Gasteiger partial charge >= 0.3 is 11.4 Å². The Morgan fingerprint density at radius 2 is 1.47 bits per heavy atom. The molecule has 0 saturated carbocycles. The Bertz CT molecular complexity index is 847. The van der Waals surface area contributed by atoms with E-state index in [2.05, 4.69) is 48.4 Å². The molecule has 2 rings (SSSR count). The quantitative estimate of drug-likeness (QED) is 0.586. The SMILES string of the molecule is N#Cn1c(=O)c2c(n(Br)c1=O)n(Br)c(=O)n2Br. The number of hydrogen-bond donors (Lipinski definition) is 0. The first-order chi connectivity index (χ1) is 7.91. The maximum atomic E-state index is 11.8. The summed E-state index contributed by atoms with van der Waals surface area (Å²) in [5, 5.41) is 8.71. The van der Waals surface area contributed by atoms with Crippen LogP contribution in [0.15, 0.2) is 14.4 Å². The zero-order chi connectivity index (χ0) is 12.9. The molecule has 2 heterocycles. The minimum absolute atomic E-state index is 0.0200. The van der Waals surface area contributed by atoms with Crippen LogP contribution in [-0.4, -0.2) is 15.3 Å². The molecule has 0 atom stereocenters. The van der Waals surface area contributed by atoms with Gasteiger partial charge in [0.15, 0.2) is 17.4 Å². The zero-order valence-corrected chi connectivity index (χ0v) is 12.4. The van der Waals surface area contributed by atoms with E-state index in [0.29, 0.717) is 4.57 Å². The van der Waals surface area contributed by atoms with Crippen molar-refractivity contribution in [1.29, 1.82) is 5.26 Å². The van der Waals surface area contributed by atoms with Gasteiger partial charge in [0, 0.05) is 0 Å². The second-order valence-electron chi connectivity index (χ2n) is 2.82. The molecule has 0 aliphatic rings. The number of rotatable bonds is 0. The lowest BCUT2D eigenvalue weighted by molar-refractivity contribution is 0.893. The van der Waals surface area contributed by atoms with Crippen LogP contribution in [0.2, 0.25) is 0 Å². The van der Waals surface area contributed by atoms with E-state index in [9.17, 15) is 14.4 Å². The Morgan fingerprint density at radius 3 is 2.00 bits per heavy atom. The number of imidazole rings is 1. The fourth-order valence-electron chi connectivity index (χ4n) is 1.25. The fraction of sp³-hybridized carbons (Fsp3) is 0. The molecule has 0 aliphatic heterocycles. The summed E-state index contributed by atoms with van der Waals surface area (Å²) in [6.45, 7) is 0. The van der Waals surface area contributed by atoms with Gasteiger partial charge in [-0.25, -0.2) is 20.4 Å². The van der Waals surface area contributed by atoms with E-state index in [1.165, 1.54) is 6.19 Å². The van der Waals surface area contributed by atoms with Crippen molar-refractivity contribution in [1.82, 2.24) is 15.3 Å². The molecule has 0 saturated heterocycles. The minimum Gasteiger partial charge on any atom is -0.265 e. The maximum absolute atomic E-state index is 11.8. The lowest BCUT2D eigenvalue weighted by Crippen LogP contribution is -2.35. The van der Waals surface area contributed by atoms with Crippen LogP contribution in [0, 0.1) is 11.5 Å². The van der Waals surface area contributed by atoms with Crippen LogP contribution in [0.3, 0.4) is 0 Å². The van der Waals surface area contributed by atoms with E-state index in [0.717, 1.165) is 10.8 Å². The summed E-state index contributed by atoms with van der Waals surface area (Å²) in [5.74, 6) is 0. The van der Waals surface area contributed by atoms with Crippen molar-refractivity contribution in [2.45, 2.75) is 0 Å². The van der Waals surface area contributed by atoms with Crippen molar-refractivity contribution in [2.24, 2.45) is 0 Å². The molecule has 2 aromatic rings. The van der Waals surface area contributed by atoms with Crippen molar-refractivity contribution in [3.05, 3.63) is 31.3 Å². The predicted octanol–water partition coefficient (Wildman–Crippen LogP) is -0.0704.